The fourth-order valence-electron chi connectivity index (χ4n) is 10.8. The molecule has 0 spiro atoms. The minimum Gasteiger partial charge on any atom is -0.481 e. The predicted molar refractivity (Wildman–Crippen MR) is 134 cm³/mol. The molecule has 7 nitrogen and oxygen atoms in total. The van der Waals surface area contributed by atoms with Gasteiger partial charge in [-0.15, -0.1) is 0 Å². The van der Waals surface area contributed by atoms with Crippen LogP contribution >= 0.6 is 0 Å². The molecule has 0 radical (unpaired) electrons. The Kier molecular flexibility index (Phi) is 5.92. The van der Waals surface area contributed by atoms with Gasteiger partial charge in [0.1, 0.15) is 11.7 Å². The van der Waals surface area contributed by atoms with Crippen LogP contribution in [0.1, 0.15) is 79.6 Å². The highest BCUT2D eigenvalue weighted by atomic mass is 16.4. The summed E-state index contributed by atoms with van der Waals surface area (Å²) in [5.41, 5.74) is -2.96. The molecule has 5 aliphatic carbocycles. The number of aliphatic hydroxyl groups excluding tert-OH is 4. The van der Waals surface area contributed by atoms with Gasteiger partial charge >= 0.3 is 5.97 Å². The number of allylic oxidation sites excluding steroid dienone is 2. The van der Waals surface area contributed by atoms with E-state index in [0.717, 1.165) is 12.8 Å². The van der Waals surface area contributed by atoms with E-state index >= 15 is 0 Å². The Morgan fingerprint density at radius 3 is 2.31 bits per heavy atom. The third-order valence-electron chi connectivity index (χ3n) is 13.0. The maximum Gasteiger partial charge on any atom is 0.310 e. The summed E-state index contributed by atoms with van der Waals surface area (Å²) in [6.07, 6.45) is 2.81. The van der Waals surface area contributed by atoms with Gasteiger partial charge in [-0.3, -0.25) is 4.79 Å². The Bertz CT molecular complexity index is 965. The van der Waals surface area contributed by atoms with Gasteiger partial charge in [0.05, 0.1) is 24.2 Å². The molecule has 0 aliphatic heterocycles. The molecule has 5 rings (SSSR count). The van der Waals surface area contributed by atoms with Crippen molar-refractivity contribution in [3.05, 3.63) is 11.6 Å². The predicted octanol–water partition coefficient (Wildman–Crippen LogP) is 2.73. The van der Waals surface area contributed by atoms with Crippen LogP contribution in [0, 0.1) is 51.2 Å². The quantitative estimate of drug-likeness (QED) is 0.317. The lowest BCUT2D eigenvalue weighted by molar-refractivity contribution is -0.300. The highest BCUT2D eigenvalue weighted by Crippen LogP contribution is 2.75. The first-order valence-corrected chi connectivity index (χ1v) is 14.0. The lowest BCUT2D eigenvalue weighted by Gasteiger charge is -2.72. The van der Waals surface area contributed by atoms with Gasteiger partial charge in [-0.1, -0.05) is 46.3 Å². The molecule has 13 atom stereocenters. The van der Waals surface area contributed by atoms with E-state index in [1.165, 1.54) is 5.57 Å². The molecule has 5 aliphatic rings. The smallest absolute Gasteiger partial charge is 0.310 e. The normalized spacial score (nSPS) is 58.6. The summed E-state index contributed by atoms with van der Waals surface area (Å²) in [6.45, 7) is 10.2. The summed E-state index contributed by atoms with van der Waals surface area (Å²) in [4.78, 5) is 12.8. The number of carboxylic acid groups (broad SMARTS) is 1. The molecular weight excluding hydrogens is 460 g/mol. The molecule has 0 heterocycles. The largest absolute Gasteiger partial charge is 0.481 e. The minimum atomic E-state index is -1.99. The van der Waals surface area contributed by atoms with Crippen LogP contribution in [-0.4, -0.2) is 67.1 Å². The van der Waals surface area contributed by atoms with E-state index in [9.17, 15) is 35.4 Å². The van der Waals surface area contributed by atoms with Crippen molar-refractivity contribution in [2.75, 3.05) is 6.61 Å². The van der Waals surface area contributed by atoms with Crippen LogP contribution in [0.2, 0.25) is 0 Å². The molecule has 0 amide bonds. The number of rotatable bonds is 2. The fraction of sp³-hybridized carbons (Fsp3) is 0.897. The summed E-state index contributed by atoms with van der Waals surface area (Å²) in [5.74, 6) is -0.851. The maximum absolute atomic E-state index is 12.8. The molecule has 0 aromatic rings. The lowest BCUT2D eigenvalue weighted by atomic mass is 9.33. The van der Waals surface area contributed by atoms with Crippen molar-refractivity contribution in [2.24, 2.45) is 51.2 Å². The van der Waals surface area contributed by atoms with E-state index in [2.05, 4.69) is 33.8 Å². The second-order valence-electron chi connectivity index (χ2n) is 14.1. The summed E-state index contributed by atoms with van der Waals surface area (Å²) in [7, 11) is 0. The topological polar surface area (TPSA) is 138 Å². The zero-order valence-corrected chi connectivity index (χ0v) is 22.4. The van der Waals surface area contributed by atoms with Crippen molar-refractivity contribution in [2.45, 2.75) is 103 Å². The molecule has 0 saturated heterocycles. The van der Waals surface area contributed by atoms with Gasteiger partial charge in [-0.2, -0.15) is 0 Å². The number of carbonyl (C=O) groups is 1. The molecule has 7 heteroatoms. The van der Waals surface area contributed by atoms with E-state index in [1.54, 1.807) is 0 Å². The standard InChI is InChI=1S/C29H46O7/c1-15-8-9-28(24(34)35)11-10-26(4)17(21(28)16(15)2)6-7-20-25(3)12-19(32)23(33)29(36,14-30)22(25)18(31)13-27(20,26)5/h6,15-16,18-23,30-33,36H,7-14H2,1-5H3,(H,34,35). The molecule has 36 heavy (non-hydrogen) atoms. The first-order valence-electron chi connectivity index (χ1n) is 14.0. The van der Waals surface area contributed by atoms with Crippen LogP contribution in [0.3, 0.4) is 0 Å². The van der Waals surface area contributed by atoms with Crippen molar-refractivity contribution in [1.29, 1.82) is 0 Å². The molecule has 0 aromatic carbocycles. The maximum atomic E-state index is 12.8. The van der Waals surface area contributed by atoms with Crippen molar-refractivity contribution in [3.8, 4) is 0 Å². The van der Waals surface area contributed by atoms with E-state index in [1.807, 2.05) is 6.92 Å². The first-order chi connectivity index (χ1) is 16.6. The van der Waals surface area contributed by atoms with Gasteiger partial charge in [0.25, 0.3) is 0 Å². The van der Waals surface area contributed by atoms with E-state index < -0.39 is 58.7 Å². The summed E-state index contributed by atoms with van der Waals surface area (Å²) in [6, 6.07) is 0. The van der Waals surface area contributed by atoms with E-state index in [4.69, 9.17) is 0 Å². The van der Waals surface area contributed by atoms with E-state index in [0.29, 0.717) is 31.6 Å². The molecule has 4 saturated carbocycles. The highest BCUT2D eigenvalue weighted by Gasteiger charge is 2.73. The second-order valence-corrected chi connectivity index (χ2v) is 14.1. The first kappa shape index (κ1) is 26.6. The third-order valence-corrected chi connectivity index (χ3v) is 13.0. The lowest BCUT2D eigenvalue weighted by Crippen LogP contribution is -2.74. The van der Waals surface area contributed by atoms with Crippen LogP contribution in [-0.2, 0) is 4.79 Å². The summed E-state index contributed by atoms with van der Waals surface area (Å²) in [5, 5.41) is 65.3. The molecule has 0 bridgehead atoms. The average Bonchev–Trinajstić information content (AvgIpc) is 2.80. The van der Waals surface area contributed by atoms with Crippen molar-refractivity contribution in [3.63, 3.8) is 0 Å². The zero-order valence-electron chi connectivity index (χ0n) is 22.4. The fourth-order valence-corrected chi connectivity index (χ4v) is 10.8. The molecule has 6 N–H and O–H groups in total. The van der Waals surface area contributed by atoms with Gasteiger partial charge in [0.2, 0.25) is 0 Å². The number of hydrogen-bond donors (Lipinski definition) is 6. The Labute approximate surface area is 214 Å². The van der Waals surface area contributed by atoms with Gasteiger partial charge in [-0.05, 0) is 84.9 Å². The SMILES string of the molecule is CC1CCC2(C(=O)O)CCC3(C)C(=CCC4C5(C)CC(O)C(O)C(O)(CO)C5C(O)CC43C)C2C1C. The Hall–Kier alpha value is -0.990. The highest BCUT2D eigenvalue weighted by molar-refractivity contribution is 5.76. The Balaban J connectivity index is 1.65. The van der Waals surface area contributed by atoms with Crippen LogP contribution in [0.4, 0.5) is 0 Å². The summed E-state index contributed by atoms with van der Waals surface area (Å²) < 4.78 is 0. The van der Waals surface area contributed by atoms with Crippen LogP contribution < -0.4 is 0 Å². The number of carboxylic acids is 1. The van der Waals surface area contributed by atoms with Gasteiger partial charge in [-0.25, -0.2) is 0 Å². The molecule has 204 valence electrons. The minimum absolute atomic E-state index is 0.0129. The zero-order chi connectivity index (χ0) is 26.6. The number of aliphatic hydroxyl groups is 5. The van der Waals surface area contributed by atoms with E-state index in [-0.39, 0.29) is 29.6 Å². The van der Waals surface area contributed by atoms with Gasteiger partial charge < -0.3 is 30.6 Å². The average molecular weight is 507 g/mol. The molecule has 0 aromatic heterocycles. The van der Waals surface area contributed by atoms with Crippen LogP contribution in [0.5, 0.6) is 0 Å². The summed E-state index contributed by atoms with van der Waals surface area (Å²) >= 11 is 0. The van der Waals surface area contributed by atoms with Crippen LogP contribution in [0.15, 0.2) is 11.6 Å². The Morgan fingerprint density at radius 1 is 1.03 bits per heavy atom. The Morgan fingerprint density at radius 2 is 1.69 bits per heavy atom. The van der Waals surface area contributed by atoms with Gasteiger partial charge in [0, 0.05) is 5.92 Å². The van der Waals surface area contributed by atoms with Crippen LogP contribution in [0.25, 0.3) is 0 Å². The van der Waals surface area contributed by atoms with Crippen molar-refractivity contribution in [1.82, 2.24) is 0 Å². The number of hydrogen-bond acceptors (Lipinski definition) is 6. The number of fused-ring (bicyclic) bond motifs is 7. The number of aliphatic carboxylic acids is 1. The van der Waals surface area contributed by atoms with Crippen molar-refractivity contribution < 1.29 is 35.4 Å². The second kappa shape index (κ2) is 8.01. The monoisotopic (exact) mass is 506 g/mol. The molecule has 13 unspecified atom stereocenters. The third kappa shape index (κ3) is 2.95. The van der Waals surface area contributed by atoms with Crippen molar-refractivity contribution >= 4 is 5.97 Å². The van der Waals surface area contributed by atoms with Gasteiger partial charge in [0.15, 0.2) is 0 Å². The molecule has 4 fully saturated rings. The molecular formula is C29H46O7.